The van der Waals surface area contributed by atoms with Crippen molar-refractivity contribution in [2.24, 2.45) is 5.92 Å². The molecule has 0 aromatic carbocycles. The normalized spacial score (nSPS) is 35.3. The average Bonchev–Trinajstić information content (AvgIpc) is 3.30. The average molecular weight is 404 g/mol. The number of alkyl halides is 1. The summed E-state index contributed by atoms with van der Waals surface area (Å²) in [6.07, 6.45) is 2.54. The maximum absolute atomic E-state index is 12.0. The Labute approximate surface area is 165 Å². The number of alkyl carbamates (subject to hydrolysis) is 1. The summed E-state index contributed by atoms with van der Waals surface area (Å²) in [5, 5.41) is 2.10. The first-order chi connectivity index (χ1) is 12.8. The zero-order valence-electron chi connectivity index (χ0n) is 16.6. The van der Waals surface area contributed by atoms with Crippen molar-refractivity contribution in [3.63, 3.8) is 0 Å². The first-order valence-electron chi connectivity index (χ1n) is 9.20. The lowest BCUT2D eigenvalue weighted by molar-refractivity contribution is -0.142. The van der Waals surface area contributed by atoms with Crippen LogP contribution >= 0.6 is 11.6 Å². The molecule has 0 aromatic rings. The predicted molar refractivity (Wildman–Crippen MR) is 101 cm³/mol. The molecule has 0 spiro atoms. The number of hydrogen-bond donors (Lipinski definition) is 1. The molecule has 1 saturated carbocycles. The monoisotopic (exact) mass is 403 g/mol. The molecule has 1 N–H and O–H groups in total. The van der Waals surface area contributed by atoms with Gasteiger partial charge in [-0.25, -0.2) is 4.79 Å². The van der Waals surface area contributed by atoms with Gasteiger partial charge in [0.05, 0.1) is 12.2 Å². The van der Waals surface area contributed by atoms with E-state index in [0.717, 1.165) is 6.42 Å². The number of epoxide rings is 1. The number of methoxy groups -OCH3 is 2. The second kappa shape index (κ2) is 9.37. The van der Waals surface area contributed by atoms with E-state index in [1.165, 1.54) is 5.57 Å². The zero-order chi connectivity index (χ0) is 20.2. The highest BCUT2D eigenvalue weighted by Gasteiger charge is 2.63. The fraction of sp³-hybridized carbons (Fsp3) is 0.789. The Morgan fingerprint density at radius 3 is 2.44 bits per heavy atom. The number of ether oxygens (including phenoxy) is 4. The van der Waals surface area contributed by atoms with Gasteiger partial charge in [-0.2, -0.15) is 0 Å². The maximum atomic E-state index is 12.0. The van der Waals surface area contributed by atoms with E-state index in [-0.39, 0.29) is 24.0 Å². The number of allylic oxidation sites excluding steroid dienone is 1. The summed E-state index contributed by atoms with van der Waals surface area (Å²) in [5.74, 6) is -1.00. The molecule has 2 rings (SSSR count). The van der Waals surface area contributed by atoms with Crippen molar-refractivity contribution in [1.82, 2.24) is 5.32 Å². The molecule has 154 valence electrons. The molecule has 2 aliphatic rings. The Morgan fingerprint density at radius 2 is 1.89 bits per heavy atom. The van der Waals surface area contributed by atoms with Crippen LogP contribution in [0.15, 0.2) is 11.6 Å². The molecule has 1 aliphatic heterocycles. The minimum atomic E-state index is -0.815. The number of amides is 2. The number of imide groups is 1. The molecule has 1 saturated heterocycles. The Hall–Kier alpha value is -1.15. The fourth-order valence-electron chi connectivity index (χ4n) is 4.00. The van der Waals surface area contributed by atoms with Crippen LogP contribution in [0.4, 0.5) is 4.79 Å². The van der Waals surface area contributed by atoms with Crippen LogP contribution in [-0.2, 0) is 23.7 Å². The van der Waals surface area contributed by atoms with Gasteiger partial charge in [-0.1, -0.05) is 11.6 Å². The highest BCUT2D eigenvalue weighted by Crippen LogP contribution is 2.51. The number of carbonyl (C=O) groups is 2. The fourth-order valence-corrected chi connectivity index (χ4v) is 4.07. The molecular weight excluding hydrogens is 374 g/mol. The van der Waals surface area contributed by atoms with Crippen LogP contribution < -0.4 is 5.32 Å². The summed E-state index contributed by atoms with van der Waals surface area (Å²) >= 11 is 5.41. The van der Waals surface area contributed by atoms with Gasteiger partial charge in [0.15, 0.2) is 0 Å². The minimum Gasteiger partial charge on any atom is -0.443 e. The van der Waals surface area contributed by atoms with Gasteiger partial charge >= 0.3 is 6.09 Å². The molecule has 1 heterocycles. The van der Waals surface area contributed by atoms with E-state index in [1.807, 2.05) is 0 Å². The third-order valence-electron chi connectivity index (χ3n) is 5.43. The van der Waals surface area contributed by atoms with Crippen molar-refractivity contribution in [2.45, 2.75) is 70.1 Å². The van der Waals surface area contributed by atoms with Gasteiger partial charge in [0.1, 0.15) is 23.7 Å². The van der Waals surface area contributed by atoms with Crippen LogP contribution in [0.1, 0.15) is 40.0 Å². The van der Waals surface area contributed by atoms with Gasteiger partial charge in [0.25, 0.3) is 0 Å². The van der Waals surface area contributed by atoms with Crippen molar-refractivity contribution in [1.29, 1.82) is 0 Å². The Balaban J connectivity index is 2.12. The third-order valence-corrected chi connectivity index (χ3v) is 5.68. The van der Waals surface area contributed by atoms with E-state index >= 15 is 0 Å². The van der Waals surface area contributed by atoms with Crippen LogP contribution in [0.2, 0.25) is 0 Å². The van der Waals surface area contributed by atoms with Crippen LogP contribution in [0, 0.1) is 5.92 Å². The lowest BCUT2D eigenvalue weighted by atomic mass is 9.73. The van der Waals surface area contributed by atoms with Crippen LogP contribution in [0.5, 0.6) is 0 Å². The van der Waals surface area contributed by atoms with E-state index in [0.29, 0.717) is 12.8 Å². The molecule has 27 heavy (non-hydrogen) atoms. The molecule has 1 aliphatic carbocycles. The maximum Gasteiger partial charge on any atom is 0.414 e. The topological polar surface area (TPSA) is 86.4 Å². The summed E-state index contributed by atoms with van der Waals surface area (Å²) in [7, 11) is 3.26. The van der Waals surface area contributed by atoms with Gasteiger partial charge in [-0.15, -0.1) is 11.6 Å². The molecular formula is C19H30ClNO6. The highest BCUT2D eigenvalue weighted by molar-refractivity contribution is 6.28. The molecule has 6 atom stereocenters. The number of halogens is 1. The van der Waals surface area contributed by atoms with E-state index in [4.69, 9.17) is 30.5 Å². The van der Waals surface area contributed by atoms with Crippen molar-refractivity contribution in [2.75, 3.05) is 20.1 Å². The number of carbonyl (C=O) groups excluding carboxylic acids is 2. The van der Waals surface area contributed by atoms with E-state index in [2.05, 4.69) is 32.2 Å². The van der Waals surface area contributed by atoms with E-state index < -0.39 is 29.8 Å². The lowest BCUT2D eigenvalue weighted by Gasteiger charge is -2.43. The van der Waals surface area contributed by atoms with Gasteiger partial charge < -0.3 is 18.9 Å². The Kier molecular flexibility index (Phi) is 7.68. The Morgan fingerprint density at radius 1 is 1.22 bits per heavy atom. The lowest BCUT2D eigenvalue weighted by Crippen LogP contribution is -2.55. The summed E-state index contributed by atoms with van der Waals surface area (Å²) < 4.78 is 23.0. The SMILES string of the molecule is CO[C@@H]1CC[C@@H](OC(=O)NC(=O)CCl)[C@@H](OC)C1[C@@]1(C)O[C@@H]1CC=C(C)C. The first kappa shape index (κ1) is 22.1. The summed E-state index contributed by atoms with van der Waals surface area (Å²) in [4.78, 5) is 23.3. The quantitative estimate of drug-likeness (QED) is 0.399. The van der Waals surface area contributed by atoms with Gasteiger partial charge in [0.2, 0.25) is 5.91 Å². The van der Waals surface area contributed by atoms with E-state index in [9.17, 15) is 9.59 Å². The minimum absolute atomic E-state index is 0.0657. The van der Waals surface area contributed by atoms with Gasteiger partial charge in [0, 0.05) is 20.1 Å². The van der Waals surface area contributed by atoms with Crippen molar-refractivity contribution in [3.05, 3.63) is 11.6 Å². The molecule has 2 fully saturated rings. The Bertz CT molecular complexity index is 579. The molecule has 8 heteroatoms. The predicted octanol–water partition coefficient (Wildman–Crippen LogP) is 2.80. The third kappa shape index (κ3) is 5.22. The second-order valence-corrected chi connectivity index (χ2v) is 7.78. The summed E-state index contributed by atoms with van der Waals surface area (Å²) in [5.41, 5.74) is 0.822. The van der Waals surface area contributed by atoms with Crippen LogP contribution in [0.3, 0.4) is 0 Å². The highest BCUT2D eigenvalue weighted by atomic mass is 35.5. The number of hydrogen-bond acceptors (Lipinski definition) is 6. The number of rotatable bonds is 7. The molecule has 0 radical (unpaired) electrons. The second-order valence-electron chi connectivity index (χ2n) is 7.51. The van der Waals surface area contributed by atoms with E-state index in [1.54, 1.807) is 14.2 Å². The molecule has 0 aromatic heterocycles. The summed E-state index contributed by atoms with van der Waals surface area (Å²) in [6.45, 7) is 6.17. The van der Waals surface area contributed by atoms with Crippen LogP contribution in [0.25, 0.3) is 0 Å². The molecule has 2 amide bonds. The molecule has 1 unspecified atom stereocenters. The first-order valence-corrected chi connectivity index (χ1v) is 9.73. The molecule has 7 nitrogen and oxygen atoms in total. The summed E-state index contributed by atoms with van der Waals surface area (Å²) in [6, 6.07) is 0. The van der Waals surface area contributed by atoms with Crippen molar-refractivity contribution in [3.8, 4) is 0 Å². The van der Waals surface area contributed by atoms with Gasteiger partial charge in [-0.3, -0.25) is 10.1 Å². The van der Waals surface area contributed by atoms with Crippen LogP contribution in [-0.4, -0.2) is 62.1 Å². The largest absolute Gasteiger partial charge is 0.443 e. The smallest absolute Gasteiger partial charge is 0.414 e. The molecule has 0 bridgehead atoms. The number of nitrogens with one attached hydrogen (secondary N) is 1. The van der Waals surface area contributed by atoms with Gasteiger partial charge in [-0.05, 0) is 40.0 Å². The standard InChI is InChI=1S/C19H30ClNO6/c1-11(2)6-9-14-19(3,27-14)16-12(24-4)7-8-13(17(16)25-5)26-18(23)21-15(22)10-20/h6,12-14,16-17H,7-10H2,1-5H3,(H,21,22,23)/t12-,13-,14-,16?,17-,19+/m1/s1. The zero-order valence-corrected chi connectivity index (χ0v) is 17.4. The van der Waals surface area contributed by atoms with Crippen molar-refractivity contribution < 1.29 is 28.5 Å². The van der Waals surface area contributed by atoms with Crippen molar-refractivity contribution >= 4 is 23.6 Å².